The monoisotopic (exact) mass is 347 g/mol. The number of pyridine rings is 1. The number of anilines is 2. The number of carbonyl (C=O) groups is 1. The van der Waals surface area contributed by atoms with Crippen molar-refractivity contribution in [3.05, 3.63) is 33.7 Å². The summed E-state index contributed by atoms with van der Waals surface area (Å²) in [6, 6.07) is 0. The van der Waals surface area contributed by atoms with Gasteiger partial charge in [-0.05, 0) is 13.8 Å². The molecule has 126 valence electrons. The van der Waals surface area contributed by atoms with Crippen molar-refractivity contribution >= 4 is 29.2 Å². The molecule has 0 bridgehead atoms. The lowest BCUT2D eigenvalue weighted by Gasteiger charge is -2.29. The maximum Gasteiger partial charge on any atom is 0.223 e. The molecule has 0 fully saturated rings. The molecule has 3 rings (SSSR count). The minimum absolute atomic E-state index is 0.0505. The number of rotatable bonds is 3. The number of fused-ring (bicyclic) bond motifs is 1. The second-order valence-corrected chi connectivity index (χ2v) is 6.15. The minimum atomic E-state index is 0.0505. The molecule has 3 heterocycles. The fourth-order valence-electron chi connectivity index (χ4n) is 2.96. The highest BCUT2D eigenvalue weighted by atomic mass is 35.5. The van der Waals surface area contributed by atoms with Crippen LogP contribution < -0.4 is 15.4 Å². The summed E-state index contributed by atoms with van der Waals surface area (Å²) in [6.45, 7) is 4.53. The maximum absolute atomic E-state index is 12.1. The number of ether oxygens (including phenoxy) is 1. The lowest BCUT2D eigenvalue weighted by Crippen LogP contribution is -2.37. The number of carbonyl (C=O) groups excluding carboxylic acids is 1. The summed E-state index contributed by atoms with van der Waals surface area (Å²) in [5, 5.41) is 0.224. The van der Waals surface area contributed by atoms with Crippen LogP contribution >= 0.6 is 11.6 Å². The molecular weight excluding hydrogens is 330 g/mol. The summed E-state index contributed by atoms with van der Waals surface area (Å²) >= 11 is 6.14. The molecule has 1 aliphatic rings. The third-order valence-electron chi connectivity index (χ3n) is 4.08. The number of halogens is 1. The number of nitrogens with zero attached hydrogens (tertiary/aromatic N) is 4. The van der Waals surface area contributed by atoms with E-state index in [1.165, 1.54) is 0 Å². The first kappa shape index (κ1) is 16.4. The van der Waals surface area contributed by atoms with Gasteiger partial charge in [-0.2, -0.15) is 4.98 Å². The lowest BCUT2D eigenvalue weighted by molar-refractivity contribution is -0.117. The molecule has 0 spiro atoms. The van der Waals surface area contributed by atoms with Crippen LogP contribution in [-0.4, -0.2) is 34.4 Å². The number of hydrogen-bond acceptors (Lipinski definition) is 7. The third-order valence-corrected chi connectivity index (χ3v) is 4.40. The molecule has 8 heteroatoms. The number of aromatic nitrogens is 3. The molecule has 0 saturated heterocycles. The van der Waals surface area contributed by atoms with Crippen LogP contribution in [0.3, 0.4) is 0 Å². The van der Waals surface area contributed by atoms with Crippen LogP contribution in [0.4, 0.5) is 11.8 Å². The van der Waals surface area contributed by atoms with Gasteiger partial charge in [0.05, 0.1) is 25.9 Å². The van der Waals surface area contributed by atoms with Gasteiger partial charge in [0.1, 0.15) is 16.7 Å². The van der Waals surface area contributed by atoms with E-state index in [9.17, 15) is 4.79 Å². The Morgan fingerprint density at radius 1 is 1.38 bits per heavy atom. The van der Waals surface area contributed by atoms with Crippen LogP contribution in [0.1, 0.15) is 22.4 Å². The van der Waals surface area contributed by atoms with Crippen LogP contribution in [0.2, 0.25) is 5.15 Å². The number of nitrogen functional groups attached to an aromatic ring is 1. The average molecular weight is 348 g/mol. The summed E-state index contributed by atoms with van der Waals surface area (Å²) in [5.74, 6) is 1.52. The van der Waals surface area contributed by atoms with E-state index in [4.69, 9.17) is 22.1 Å². The van der Waals surface area contributed by atoms with E-state index in [1.807, 2.05) is 18.7 Å². The van der Waals surface area contributed by atoms with E-state index < -0.39 is 0 Å². The normalized spacial score (nSPS) is 13.8. The fraction of sp³-hybridized carbons (Fsp3) is 0.375. The number of methoxy groups -OCH3 is 1. The third kappa shape index (κ3) is 2.87. The van der Waals surface area contributed by atoms with Gasteiger partial charge in [-0.1, -0.05) is 11.6 Å². The molecule has 0 amide bonds. The molecule has 24 heavy (non-hydrogen) atoms. The second kappa shape index (κ2) is 6.24. The molecule has 0 saturated carbocycles. The van der Waals surface area contributed by atoms with Crippen molar-refractivity contribution in [2.75, 3.05) is 24.3 Å². The Hall–Kier alpha value is -2.41. The zero-order valence-electron chi connectivity index (χ0n) is 13.8. The highest BCUT2D eigenvalue weighted by molar-refractivity contribution is 6.31. The molecule has 0 radical (unpaired) electrons. The molecule has 0 aliphatic carbocycles. The van der Waals surface area contributed by atoms with Gasteiger partial charge < -0.3 is 15.4 Å². The van der Waals surface area contributed by atoms with Gasteiger partial charge >= 0.3 is 0 Å². The largest absolute Gasteiger partial charge is 0.496 e. The Morgan fingerprint density at radius 3 is 2.83 bits per heavy atom. The molecule has 0 atom stereocenters. The van der Waals surface area contributed by atoms with Crippen molar-refractivity contribution in [2.24, 2.45) is 0 Å². The Morgan fingerprint density at radius 2 is 2.12 bits per heavy atom. The zero-order valence-corrected chi connectivity index (χ0v) is 14.5. The molecule has 2 N–H and O–H groups in total. The minimum Gasteiger partial charge on any atom is -0.496 e. The maximum atomic E-state index is 12.1. The molecule has 0 aromatic carbocycles. The zero-order chi connectivity index (χ0) is 17.4. The van der Waals surface area contributed by atoms with Gasteiger partial charge in [-0.15, -0.1) is 0 Å². The van der Waals surface area contributed by atoms with Crippen molar-refractivity contribution in [3.8, 4) is 5.75 Å². The molecule has 0 unspecified atom stereocenters. The summed E-state index contributed by atoms with van der Waals surface area (Å²) in [5.41, 5.74) is 9.03. The predicted molar refractivity (Wildman–Crippen MR) is 91.5 cm³/mol. The molecule has 2 aromatic heterocycles. The van der Waals surface area contributed by atoms with Crippen molar-refractivity contribution in [1.29, 1.82) is 0 Å². The molecule has 2 aromatic rings. The van der Waals surface area contributed by atoms with Crippen LogP contribution in [-0.2, 0) is 17.8 Å². The Labute approximate surface area is 144 Å². The van der Waals surface area contributed by atoms with Crippen molar-refractivity contribution < 1.29 is 9.53 Å². The van der Waals surface area contributed by atoms with E-state index in [1.54, 1.807) is 13.3 Å². The van der Waals surface area contributed by atoms with Crippen LogP contribution in [0, 0.1) is 13.8 Å². The van der Waals surface area contributed by atoms with Crippen molar-refractivity contribution in [3.63, 3.8) is 0 Å². The summed E-state index contributed by atoms with van der Waals surface area (Å²) in [7, 11) is 1.63. The predicted octanol–water partition coefficient (Wildman–Crippen LogP) is 1.86. The lowest BCUT2D eigenvalue weighted by atomic mass is 10.0. The Balaban J connectivity index is 2.02. The van der Waals surface area contributed by atoms with Crippen molar-refractivity contribution in [2.45, 2.75) is 26.8 Å². The van der Waals surface area contributed by atoms with Gasteiger partial charge in [-0.25, -0.2) is 4.98 Å². The quantitative estimate of drug-likeness (QED) is 0.847. The number of hydrogen-bond donors (Lipinski definition) is 1. The summed E-state index contributed by atoms with van der Waals surface area (Å²) in [6.07, 6.45) is 1.98. The van der Waals surface area contributed by atoms with E-state index in [2.05, 4.69) is 15.0 Å². The first-order valence-electron chi connectivity index (χ1n) is 7.48. The van der Waals surface area contributed by atoms with E-state index in [-0.39, 0.29) is 29.9 Å². The summed E-state index contributed by atoms with van der Waals surface area (Å²) < 4.78 is 5.44. The Bertz CT molecular complexity index is 825. The van der Waals surface area contributed by atoms with Gasteiger partial charge in [0.25, 0.3) is 0 Å². The van der Waals surface area contributed by atoms with Crippen LogP contribution in [0.25, 0.3) is 0 Å². The summed E-state index contributed by atoms with van der Waals surface area (Å²) in [4.78, 5) is 26.6. The smallest absolute Gasteiger partial charge is 0.223 e. The number of Topliss-reactive ketones (excluding diaryl/α,β-unsaturated/α-hetero) is 1. The van der Waals surface area contributed by atoms with E-state index in [0.717, 1.165) is 22.6 Å². The number of nitrogens with two attached hydrogens (primary N) is 1. The molecule has 1 aliphatic heterocycles. The standard InChI is InChI=1S/C16H18ClN5O2/c1-8-5-19-12(9(2)13(8)24-3)7-22-6-10(23)4-11-14(17)20-16(18)21-15(11)22/h5H,4,6-7H2,1-3H3,(H2,18,20,21). The highest BCUT2D eigenvalue weighted by Gasteiger charge is 2.28. The van der Waals surface area contributed by atoms with Gasteiger partial charge in [0, 0.05) is 29.3 Å². The van der Waals surface area contributed by atoms with E-state index in [0.29, 0.717) is 17.9 Å². The fourth-order valence-corrected chi connectivity index (χ4v) is 3.20. The molecular formula is C16H18ClN5O2. The number of ketones is 1. The van der Waals surface area contributed by atoms with Gasteiger partial charge in [-0.3, -0.25) is 9.78 Å². The number of aryl methyl sites for hydroxylation is 1. The molecule has 7 nitrogen and oxygen atoms in total. The first-order valence-corrected chi connectivity index (χ1v) is 7.86. The first-order chi connectivity index (χ1) is 11.4. The second-order valence-electron chi connectivity index (χ2n) is 5.79. The Kier molecular flexibility index (Phi) is 4.28. The topological polar surface area (TPSA) is 94.2 Å². The SMILES string of the molecule is COc1c(C)cnc(CN2CC(=O)Cc3c(Cl)nc(N)nc32)c1C. The van der Waals surface area contributed by atoms with Crippen LogP contribution in [0.15, 0.2) is 6.20 Å². The average Bonchev–Trinajstić information content (AvgIpc) is 2.52. The van der Waals surface area contributed by atoms with Crippen molar-refractivity contribution in [1.82, 2.24) is 15.0 Å². The van der Waals surface area contributed by atoms with Gasteiger partial charge in [0.2, 0.25) is 5.95 Å². The highest BCUT2D eigenvalue weighted by Crippen LogP contribution is 2.32. The van der Waals surface area contributed by atoms with E-state index >= 15 is 0 Å². The van der Waals surface area contributed by atoms with Crippen LogP contribution in [0.5, 0.6) is 5.75 Å². The van der Waals surface area contributed by atoms with Gasteiger partial charge in [0.15, 0.2) is 5.78 Å².